The lowest BCUT2D eigenvalue weighted by Crippen LogP contribution is -2.25. The Morgan fingerprint density at radius 2 is 2.21 bits per heavy atom. The highest BCUT2D eigenvalue weighted by Crippen LogP contribution is 2.22. The van der Waals surface area contributed by atoms with Crippen LogP contribution in [0, 0.1) is 17.1 Å². The molecule has 2 N–H and O–H groups in total. The number of carbonyl (C=O) groups excluding carboxylic acids is 1. The summed E-state index contributed by atoms with van der Waals surface area (Å²) in [6, 6.07) is 5.28. The van der Waals surface area contributed by atoms with Gasteiger partial charge in [-0.25, -0.2) is 9.18 Å². The second kappa shape index (κ2) is 7.38. The van der Waals surface area contributed by atoms with Crippen LogP contribution in [0.3, 0.4) is 0 Å². The molecule has 0 saturated carbocycles. The predicted molar refractivity (Wildman–Crippen MR) is 67.3 cm³/mol. The summed E-state index contributed by atoms with van der Waals surface area (Å²) in [6.45, 7) is 0.244. The quantitative estimate of drug-likeness (QED) is 0.611. The number of amides is 1. The number of aromatic carboxylic acids is 1. The van der Waals surface area contributed by atoms with Gasteiger partial charge in [0.2, 0.25) is 5.91 Å². The second-order valence-corrected chi connectivity index (χ2v) is 4.51. The summed E-state index contributed by atoms with van der Waals surface area (Å²) >= 11 is 0.911. The highest BCUT2D eigenvalue weighted by molar-refractivity contribution is 8.00. The van der Waals surface area contributed by atoms with Gasteiger partial charge in [0.1, 0.15) is 5.82 Å². The summed E-state index contributed by atoms with van der Waals surface area (Å²) in [6.07, 6.45) is 0.208. The van der Waals surface area contributed by atoms with Crippen LogP contribution in [0.25, 0.3) is 0 Å². The van der Waals surface area contributed by atoms with Gasteiger partial charge < -0.3 is 10.4 Å². The SMILES string of the molecule is N#CCCNC(=O)CSc1cc(C(=O)O)ccc1F. The number of halogens is 1. The molecule has 0 aliphatic heterocycles. The van der Waals surface area contributed by atoms with Crippen LogP contribution in [0.2, 0.25) is 0 Å². The number of nitrogens with one attached hydrogen (secondary N) is 1. The number of benzene rings is 1. The summed E-state index contributed by atoms with van der Waals surface area (Å²) in [5.74, 6) is -2.09. The molecule has 1 aromatic carbocycles. The fourth-order valence-corrected chi connectivity index (χ4v) is 2.00. The first-order valence-corrected chi connectivity index (χ1v) is 6.32. The maximum Gasteiger partial charge on any atom is 0.335 e. The molecule has 0 atom stereocenters. The molecular weight excluding hydrogens is 271 g/mol. The van der Waals surface area contributed by atoms with Crippen molar-refractivity contribution in [3.8, 4) is 6.07 Å². The lowest BCUT2D eigenvalue weighted by atomic mass is 10.2. The average molecular weight is 282 g/mol. The molecule has 0 unspecified atom stereocenters. The largest absolute Gasteiger partial charge is 0.478 e. The lowest BCUT2D eigenvalue weighted by molar-refractivity contribution is -0.118. The maximum atomic E-state index is 13.4. The Labute approximate surface area is 113 Å². The highest BCUT2D eigenvalue weighted by atomic mass is 32.2. The van der Waals surface area contributed by atoms with E-state index >= 15 is 0 Å². The number of nitriles is 1. The Kier molecular flexibility index (Phi) is 5.82. The molecule has 0 radical (unpaired) electrons. The number of nitrogens with zero attached hydrogens (tertiary/aromatic N) is 1. The number of rotatable bonds is 6. The molecule has 0 bridgehead atoms. The van der Waals surface area contributed by atoms with Crippen LogP contribution in [0.15, 0.2) is 23.1 Å². The number of carboxylic acids is 1. The minimum Gasteiger partial charge on any atom is -0.478 e. The van der Waals surface area contributed by atoms with Crippen molar-refractivity contribution in [1.29, 1.82) is 5.26 Å². The van der Waals surface area contributed by atoms with E-state index in [9.17, 15) is 14.0 Å². The minimum atomic E-state index is -1.15. The van der Waals surface area contributed by atoms with Gasteiger partial charge in [0, 0.05) is 11.4 Å². The molecular formula is C12H11FN2O3S. The Bertz CT molecular complexity index is 528. The normalized spacial score (nSPS) is 9.68. The van der Waals surface area contributed by atoms with E-state index in [4.69, 9.17) is 10.4 Å². The van der Waals surface area contributed by atoms with Crippen molar-refractivity contribution in [2.75, 3.05) is 12.3 Å². The van der Waals surface area contributed by atoms with Crippen molar-refractivity contribution in [3.63, 3.8) is 0 Å². The smallest absolute Gasteiger partial charge is 0.335 e. The third-order valence-electron chi connectivity index (χ3n) is 2.10. The van der Waals surface area contributed by atoms with Crippen LogP contribution in [0.5, 0.6) is 0 Å². The summed E-state index contributed by atoms with van der Waals surface area (Å²) in [5.41, 5.74) is -0.0335. The molecule has 0 aliphatic rings. The predicted octanol–water partition coefficient (Wildman–Crippen LogP) is 1.65. The molecule has 0 heterocycles. The summed E-state index contributed by atoms with van der Waals surface area (Å²) in [4.78, 5) is 22.2. The molecule has 0 spiro atoms. The number of carbonyl (C=O) groups is 2. The molecule has 1 amide bonds. The van der Waals surface area contributed by atoms with Gasteiger partial charge in [-0.1, -0.05) is 0 Å². The third-order valence-corrected chi connectivity index (χ3v) is 3.13. The number of thioether (sulfide) groups is 1. The molecule has 19 heavy (non-hydrogen) atoms. The molecule has 1 aromatic rings. The summed E-state index contributed by atoms with van der Waals surface area (Å²) in [5, 5.41) is 19.6. The second-order valence-electron chi connectivity index (χ2n) is 3.50. The van der Waals surface area contributed by atoms with Crippen molar-refractivity contribution in [2.45, 2.75) is 11.3 Å². The zero-order chi connectivity index (χ0) is 14.3. The molecule has 0 aromatic heterocycles. The van der Waals surface area contributed by atoms with Gasteiger partial charge in [-0.2, -0.15) is 5.26 Å². The van der Waals surface area contributed by atoms with E-state index in [-0.39, 0.29) is 35.1 Å². The molecule has 0 saturated heterocycles. The summed E-state index contributed by atoms with van der Waals surface area (Å²) in [7, 11) is 0. The Balaban J connectivity index is 2.57. The Morgan fingerprint density at radius 3 is 2.84 bits per heavy atom. The number of carboxylic acid groups (broad SMARTS) is 1. The van der Waals surface area contributed by atoms with E-state index in [0.717, 1.165) is 23.9 Å². The van der Waals surface area contributed by atoms with E-state index < -0.39 is 11.8 Å². The standard InChI is InChI=1S/C12H11FN2O3S/c13-9-3-2-8(12(17)18)6-10(9)19-7-11(16)15-5-1-4-14/h2-3,6H,1,5,7H2,(H,15,16)(H,17,18). The highest BCUT2D eigenvalue weighted by Gasteiger charge is 2.10. The lowest BCUT2D eigenvalue weighted by Gasteiger charge is -2.05. The van der Waals surface area contributed by atoms with Crippen molar-refractivity contribution in [2.24, 2.45) is 0 Å². The van der Waals surface area contributed by atoms with E-state index in [1.165, 1.54) is 6.07 Å². The van der Waals surface area contributed by atoms with Gasteiger partial charge in [0.25, 0.3) is 0 Å². The third kappa shape index (κ3) is 4.97. The Hall–Kier alpha value is -2.07. The van der Waals surface area contributed by atoms with Gasteiger partial charge in [-0.15, -0.1) is 11.8 Å². The van der Waals surface area contributed by atoms with Crippen LogP contribution in [-0.2, 0) is 4.79 Å². The fourth-order valence-electron chi connectivity index (χ4n) is 1.20. The van der Waals surface area contributed by atoms with Crippen molar-refractivity contribution < 1.29 is 19.1 Å². The first kappa shape index (κ1) is 15.0. The van der Waals surface area contributed by atoms with Gasteiger partial charge >= 0.3 is 5.97 Å². The van der Waals surface area contributed by atoms with E-state index in [1.54, 1.807) is 0 Å². The molecule has 0 aliphatic carbocycles. The zero-order valence-corrected chi connectivity index (χ0v) is 10.7. The topological polar surface area (TPSA) is 90.2 Å². The average Bonchev–Trinajstić information content (AvgIpc) is 2.37. The maximum absolute atomic E-state index is 13.4. The van der Waals surface area contributed by atoms with E-state index in [1.807, 2.05) is 6.07 Å². The van der Waals surface area contributed by atoms with Crippen LogP contribution < -0.4 is 5.32 Å². The van der Waals surface area contributed by atoms with E-state index in [0.29, 0.717) is 0 Å². The van der Waals surface area contributed by atoms with Crippen molar-refractivity contribution in [3.05, 3.63) is 29.6 Å². The van der Waals surface area contributed by atoms with Crippen molar-refractivity contribution >= 4 is 23.6 Å². The Morgan fingerprint density at radius 1 is 1.47 bits per heavy atom. The number of hydrogen-bond acceptors (Lipinski definition) is 4. The van der Waals surface area contributed by atoms with E-state index in [2.05, 4.69) is 5.32 Å². The van der Waals surface area contributed by atoms with Gasteiger partial charge in [-0.05, 0) is 18.2 Å². The fraction of sp³-hybridized carbons (Fsp3) is 0.250. The molecule has 7 heteroatoms. The van der Waals surface area contributed by atoms with Gasteiger partial charge in [0.15, 0.2) is 0 Å². The van der Waals surface area contributed by atoms with Gasteiger partial charge in [-0.3, -0.25) is 4.79 Å². The first-order chi connectivity index (χ1) is 9.04. The van der Waals surface area contributed by atoms with Crippen LogP contribution in [0.4, 0.5) is 4.39 Å². The van der Waals surface area contributed by atoms with Gasteiger partial charge in [0.05, 0.1) is 23.8 Å². The first-order valence-electron chi connectivity index (χ1n) is 5.34. The van der Waals surface area contributed by atoms with Crippen LogP contribution in [-0.4, -0.2) is 29.3 Å². The van der Waals surface area contributed by atoms with Crippen LogP contribution in [0.1, 0.15) is 16.8 Å². The minimum absolute atomic E-state index is 0.0335. The number of hydrogen-bond donors (Lipinski definition) is 2. The molecule has 1 rings (SSSR count). The van der Waals surface area contributed by atoms with Crippen LogP contribution >= 0.6 is 11.8 Å². The zero-order valence-electron chi connectivity index (χ0n) is 9.85. The summed E-state index contributed by atoms with van der Waals surface area (Å²) < 4.78 is 13.4. The van der Waals surface area contributed by atoms with Crippen molar-refractivity contribution in [1.82, 2.24) is 5.32 Å². The monoisotopic (exact) mass is 282 g/mol. The molecule has 100 valence electrons. The molecule has 0 fully saturated rings. The molecule has 5 nitrogen and oxygen atoms in total.